The lowest BCUT2D eigenvalue weighted by molar-refractivity contribution is 0.331. The van der Waals surface area contributed by atoms with Crippen molar-refractivity contribution in [1.82, 2.24) is 0 Å². The highest BCUT2D eigenvalue weighted by molar-refractivity contribution is 8.53. The largest absolute Gasteiger partial charge is 0.384 e. The van der Waals surface area contributed by atoms with Crippen LogP contribution in [0, 0.1) is 11.8 Å². The van der Waals surface area contributed by atoms with Gasteiger partial charge in [0.05, 0.1) is 1.28 Å². The molecule has 0 aliphatic heterocycles. The summed E-state index contributed by atoms with van der Waals surface area (Å²) in [5.41, 5.74) is 0. The third-order valence-corrected chi connectivity index (χ3v) is 1.59. The molecule has 1 unspecified atom stereocenters. The molecule has 5 heteroatoms. The van der Waals surface area contributed by atoms with E-state index in [0.717, 1.165) is 19.2 Å². The summed E-state index contributed by atoms with van der Waals surface area (Å²) in [6.07, 6.45) is -0.308. The van der Waals surface area contributed by atoms with Crippen LogP contribution in [0.3, 0.4) is 0 Å². The summed E-state index contributed by atoms with van der Waals surface area (Å²) in [5, 5.41) is 8.33. The molecule has 0 aliphatic carbocycles. The van der Waals surface area contributed by atoms with E-state index in [9.17, 15) is 0 Å². The summed E-state index contributed by atoms with van der Waals surface area (Å²) in [6.45, 7) is 1.54. The van der Waals surface area contributed by atoms with Gasteiger partial charge in [-0.05, 0) is 8.26 Å². The first-order chi connectivity index (χ1) is 5.70. The number of hydrogen-bond acceptors (Lipinski definition) is 3. The SMILES string of the molecule is [2H]P([B][3H])SO[C@H](C)C#CCO. The van der Waals surface area contributed by atoms with E-state index in [2.05, 4.69) is 11.8 Å². The maximum atomic E-state index is 8.33. The topological polar surface area (TPSA) is 29.5 Å². The second-order valence-electron chi connectivity index (χ2n) is 1.40. The molecule has 0 spiro atoms. The third-order valence-electron chi connectivity index (χ3n) is 0.615. The monoisotopic (exact) mass is 178 g/mol. The van der Waals surface area contributed by atoms with Gasteiger partial charge in [0.1, 0.15) is 20.2 Å². The number of rotatable bonds is 4. The van der Waals surface area contributed by atoms with Gasteiger partial charge in [-0.15, -0.1) is 0 Å². The summed E-state index contributed by atoms with van der Waals surface area (Å²) >= 11 is 0.939. The lowest BCUT2D eigenvalue weighted by Crippen LogP contribution is -1.97. The quantitative estimate of drug-likeness (QED) is 0.293. The average Bonchev–Trinajstić information content (AvgIpc) is 2.10. The fraction of sp³-hybridized carbons (Fsp3) is 0.600. The number of aliphatic hydroxyl groups excluding tert-OH is 1. The van der Waals surface area contributed by atoms with Crippen molar-refractivity contribution >= 4 is 26.8 Å². The Hall–Kier alpha value is 0.325. The molecule has 2 atom stereocenters. The van der Waals surface area contributed by atoms with E-state index in [1.807, 2.05) is 0 Å². The Labute approximate surface area is 70.8 Å². The van der Waals surface area contributed by atoms with Gasteiger partial charge in [-0.1, -0.05) is 19.4 Å². The van der Waals surface area contributed by atoms with Crippen LogP contribution in [-0.2, 0) is 4.18 Å². The Morgan fingerprint density at radius 3 is 3.70 bits per heavy atom. The minimum Gasteiger partial charge on any atom is -0.384 e. The molecule has 2 nitrogen and oxygen atoms in total. The predicted molar refractivity (Wildman–Crippen MR) is 48.5 cm³/mol. The maximum absolute atomic E-state index is 8.33. The van der Waals surface area contributed by atoms with Crippen LogP contribution in [-0.4, -0.2) is 28.0 Å². The Morgan fingerprint density at radius 1 is 2.30 bits per heavy atom. The smallest absolute Gasteiger partial charge is 0.137 e. The van der Waals surface area contributed by atoms with E-state index < -0.39 is 7.61 Å². The predicted octanol–water partition coefficient (Wildman–Crippen LogP) is 0.445. The molecule has 1 radical (unpaired) electrons. The van der Waals surface area contributed by atoms with Gasteiger partial charge in [-0.25, -0.2) is 0 Å². The van der Waals surface area contributed by atoms with Crippen LogP contribution in [0.2, 0.25) is 0 Å². The maximum Gasteiger partial charge on any atom is 0.137 e. The van der Waals surface area contributed by atoms with Crippen LogP contribution in [0.4, 0.5) is 0 Å². The molecule has 1 N–H and O–H groups in total. The van der Waals surface area contributed by atoms with Gasteiger partial charge >= 0.3 is 0 Å². The summed E-state index contributed by atoms with van der Waals surface area (Å²) in [6, 6.07) is 0. The van der Waals surface area contributed by atoms with Crippen molar-refractivity contribution in [3.63, 3.8) is 0 Å². The van der Waals surface area contributed by atoms with Crippen molar-refractivity contribution in [2.24, 2.45) is 0 Å². The first-order valence-electron chi connectivity index (χ1n) is 3.65. The van der Waals surface area contributed by atoms with Gasteiger partial charge in [-0.3, -0.25) is 4.18 Å². The Balaban J connectivity index is 3.49. The van der Waals surface area contributed by atoms with Gasteiger partial charge in [0.15, 0.2) is 0 Å². The molecule has 0 saturated carbocycles. The minimum absolute atomic E-state index is 0.182. The van der Waals surface area contributed by atoms with Gasteiger partial charge < -0.3 is 5.11 Å². The van der Waals surface area contributed by atoms with Crippen molar-refractivity contribution in [3.05, 3.63) is 0 Å². The Bertz CT molecular complexity index is 175. The molecule has 10 heavy (non-hydrogen) atoms. The first-order valence-corrected chi connectivity index (χ1v) is 4.94. The minimum atomic E-state index is -1.27. The normalized spacial score (nSPS) is 17.4. The molecule has 0 heterocycles. The fourth-order valence-electron chi connectivity index (χ4n) is 0.303. The second-order valence-corrected chi connectivity index (χ2v) is 3.03. The van der Waals surface area contributed by atoms with E-state index in [0.29, 0.717) is 0 Å². The first kappa shape index (κ1) is 7.00. The van der Waals surface area contributed by atoms with E-state index in [1.54, 1.807) is 6.92 Å². The lowest BCUT2D eigenvalue weighted by Gasteiger charge is -2.01. The summed E-state index contributed by atoms with van der Waals surface area (Å²) in [5.74, 6) is 5.07. The highest BCUT2D eigenvalue weighted by Crippen LogP contribution is 2.25. The van der Waals surface area contributed by atoms with Crippen molar-refractivity contribution in [1.29, 1.82) is 2.61 Å². The summed E-state index contributed by atoms with van der Waals surface area (Å²) < 4.78 is 18.9. The molecule has 0 fully saturated rings. The van der Waals surface area contributed by atoms with Gasteiger partial charge in [0.25, 0.3) is 0 Å². The number of aliphatic hydroxyl groups is 1. The zero-order valence-corrected chi connectivity index (χ0v) is 7.28. The van der Waals surface area contributed by atoms with Crippen LogP contribution < -0.4 is 0 Å². The molecule has 0 bridgehead atoms. The molecular formula is C5H9BO2PS. The van der Waals surface area contributed by atoms with Crippen LogP contribution in [0.1, 0.15) is 6.92 Å². The molecule has 0 aromatic carbocycles. The summed E-state index contributed by atoms with van der Waals surface area (Å²) in [4.78, 5) is 0. The van der Waals surface area contributed by atoms with E-state index in [4.69, 9.17) is 11.9 Å². The van der Waals surface area contributed by atoms with Crippen LogP contribution in [0.25, 0.3) is 0 Å². The van der Waals surface area contributed by atoms with Crippen LogP contribution in [0.15, 0.2) is 0 Å². The number of hydrogen-bond donors (Lipinski definition) is 1. The lowest BCUT2D eigenvalue weighted by atomic mass is 10.4. The van der Waals surface area contributed by atoms with E-state index in [-0.39, 0.29) is 12.7 Å². The van der Waals surface area contributed by atoms with E-state index >= 15 is 0 Å². The molecule has 0 aromatic rings. The average molecular weight is 178 g/mol. The van der Waals surface area contributed by atoms with Gasteiger partial charge in [-0.2, -0.15) is 0 Å². The molecule has 0 rings (SSSR count). The molecule has 55 valence electrons. The second kappa shape index (κ2) is 7.43. The van der Waals surface area contributed by atoms with Crippen molar-refractivity contribution in [2.45, 2.75) is 13.0 Å². The fourth-order valence-corrected chi connectivity index (χ4v) is 1.07. The van der Waals surface area contributed by atoms with E-state index in [1.165, 1.54) is 0 Å². The molecule has 0 amide bonds. The molecule has 0 aromatic heterocycles. The molecule has 0 aliphatic rings. The van der Waals surface area contributed by atoms with Crippen molar-refractivity contribution in [3.8, 4) is 11.8 Å². The standard InChI is InChI=1S/C5H9BO2PS/c1-5(3-2-4-7)8-10-9-6/h5-7,9H,4H2,1H3/t5-,9?/m1/s1/i6T,9D. The van der Waals surface area contributed by atoms with Crippen molar-refractivity contribution < 1.29 is 9.29 Å². The highest BCUT2D eigenvalue weighted by Gasteiger charge is 1.93. The zero-order valence-electron chi connectivity index (χ0n) is 7.57. The summed E-state index contributed by atoms with van der Waals surface area (Å²) in [7, 11) is -0.236. The zero-order chi connectivity index (χ0) is 9.40. The molecular weight excluding hydrogens is 166 g/mol. The third kappa shape index (κ3) is 6.45. The van der Waals surface area contributed by atoms with Crippen LogP contribution in [0.5, 0.6) is 0 Å². The van der Waals surface area contributed by atoms with Crippen molar-refractivity contribution in [2.75, 3.05) is 6.61 Å². The Morgan fingerprint density at radius 2 is 3.10 bits per heavy atom. The van der Waals surface area contributed by atoms with Crippen LogP contribution >= 0.6 is 19.3 Å². The molecule has 0 saturated heterocycles. The Kier molecular flexibility index (Phi) is 5.20. The van der Waals surface area contributed by atoms with Gasteiger partial charge in [0.2, 0.25) is 0 Å². The highest BCUT2D eigenvalue weighted by atomic mass is 32.7. The van der Waals surface area contributed by atoms with Gasteiger partial charge in [0, 0.05) is 11.7 Å².